The van der Waals surface area contributed by atoms with Crippen molar-refractivity contribution in [1.82, 2.24) is 0 Å². The van der Waals surface area contributed by atoms with E-state index in [0.717, 1.165) is 10.0 Å². The summed E-state index contributed by atoms with van der Waals surface area (Å²) in [4.78, 5) is 12.4. The van der Waals surface area contributed by atoms with Crippen molar-refractivity contribution in [1.29, 1.82) is 0 Å². The van der Waals surface area contributed by atoms with Gasteiger partial charge in [-0.15, -0.1) is 0 Å². The predicted molar refractivity (Wildman–Crippen MR) is 82.7 cm³/mol. The molecular weight excluding hydrogens is 300 g/mol. The molecule has 0 aliphatic carbocycles. The number of carbonyl (C=O) groups excluding carboxylic acids is 1. The number of halogens is 1. The summed E-state index contributed by atoms with van der Waals surface area (Å²) in [6, 6.07) is 15.4. The largest absolute Gasteiger partial charge is 0.289 e. The number of ketones is 1. The lowest BCUT2D eigenvalue weighted by molar-refractivity contribution is 0.103. The second-order valence-corrected chi connectivity index (χ2v) is 6.49. The molecule has 0 spiro atoms. The Balaban J connectivity index is 2.34. The van der Waals surface area contributed by atoms with Gasteiger partial charge in [-0.3, -0.25) is 4.79 Å². The lowest BCUT2D eigenvalue weighted by Gasteiger charge is -2.19. The topological polar surface area (TPSA) is 17.1 Å². The molecule has 0 radical (unpaired) electrons. The van der Waals surface area contributed by atoms with Crippen molar-refractivity contribution in [3.05, 3.63) is 69.7 Å². The standard InChI is InChI=1S/C17H17BrO/c1-17(2,3)13-10-8-12(9-11-13)16(19)14-6-4-5-7-15(14)18/h4-11H,1-3H3. The highest BCUT2D eigenvalue weighted by atomic mass is 79.9. The molecule has 98 valence electrons. The first-order valence-corrected chi connectivity index (χ1v) is 7.08. The van der Waals surface area contributed by atoms with Crippen LogP contribution in [0.3, 0.4) is 0 Å². The Morgan fingerprint density at radius 1 is 0.947 bits per heavy atom. The van der Waals surface area contributed by atoms with Crippen molar-refractivity contribution in [3.63, 3.8) is 0 Å². The molecule has 19 heavy (non-hydrogen) atoms. The third kappa shape index (κ3) is 3.13. The van der Waals surface area contributed by atoms with E-state index >= 15 is 0 Å². The minimum absolute atomic E-state index is 0.0490. The van der Waals surface area contributed by atoms with Crippen LogP contribution in [0.1, 0.15) is 42.3 Å². The van der Waals surface area contributed by atoms with Gasteiger partial charge in [0.25, 0.3) is 0 Å². The summed E-state index contributed by atoms with van der Waals surface area (Å²) in [5, 5.41) is 0. The maximum absolute atomic E-state index is 12.4. The SMILES string of the molecule is CC(C)(C)c1ccc(C(=O)c2ccccc2Br)cc1. The highest BCUT2D eigenvalue weighted by Gasteiger charge is 2.15. The zero-order chi connectivity index (χ0) is 14.0. The first-order valence-electron chi connectivity index (χ1n) is 6.29. The molecule has 0 saturated heterocycles. The molecule has 0 unspecified atom stereocenters. The Kier molecular flexibility index (Phi) is 3.91. The third-order valence-corrected chi connectivity index (χ3v) is 3.82. The van der Waals surface area contributed by atoms with Crippen LogP contribution in [0.5, 0.6) is 0 Å². The van der Waals surface area contributed by atoms with Gasteiger partial charge in [-0.2, -0.15) is 0 Å². The maximum atomic E-state index is 12.4. The molecular formula is C17H17BrO. The van der Waals surface area contributed by atoms with E-state index < -0.39 is 0 Å². The van der Waals surface area contributed by atoms with Crippen LogP contribution >= 0.6 is 15.9 Å². The molecule has 0 aliphatic rings. The van der Waals surface area contributed by atoms with Crippen molar-refractivity contribution >= 4 is 21.7 Å². The van der Waals surface area contributed by atoms with E-state index in [9.17, 15) is 4.79 Å². The molecule has 2 aromatic rings. The molecule has 1 nitrogen and oxygen atoms in total. The fraction of sp³-hybridized carbons (Fsp3) is 0.235. The smallest absolute Gasteiger partial charge is 0.194 e. The van der Waals surface area contributed by atoms with Crippen LogP contribution in [0.25, 0.3) is 0 Å². The Labute approximate surface area is 122 Å². The molecule has 0 aliphatic heterocycles. The zero-order valence-electron chi connectivity index (χ0n) is 11.4. The van der Waals surface area contributed by atoms with Crippen molar-refractivity contribution < 1.29 is 4.79 Å². The molecule has 0 saturated carbocycles. The molecule has 2 rings (SSSR count). The second-order valence-electron chi connectivity index (χ2n) is 5.64. The Bertz CT molecular complexity index is 591. The van der Waals surface area contributed by atoms with Gasteiger partial charge in [0.2, 0.25) is 0 Å². The average molecular weight is 317 g/mol. The highest BCUT2D eigenvalue weighted by molar-refractivity contribution is 9.10. The first-order chi connectivity index (χ1) is 8.89. The normalized spacial score (nSPS) is 11.4. The lowest BCUT2D eigenvalue weighted by atomic mass is 9.86. The number of hydrogen-bond acceptors (Lipinski definition) is 1. The lowest BCUT2D eigenvalue weighted by Crippen LogP contribution is -2.11. The third-order valence-electron chi connectivity index (χ3n) is 3.13. The van der Waals surface area contributed by atoms with Crippen molar-refractivity contribution in [2.75, 3.05) is 0 Å². The summed E-state index contributed by atoms with van der Waals surface area (Å²) < 4.78 is 0.833. The summed E-state index contributed by atoms with van der Waals surface area (Å²) in [6.45, 7) is 6.49. The number of benzene rings is 2. The van der Waals surface area contributed by atoms with Gasteiger partial charge in [-0.05, 0) is 23.1 Å². The van der Waals surface area contributed by atoms with Crippen LogP contribution in [0.2, 0.25) is 0 Å². The summed E-state index contributed by atoms with van der Waals surface area (Å²) in [6.07, 6.45) is 0. The van der Waals surface area contributed by atoms with Crippen LogP contribution in [0, 0.1) is 0 Å². The molecule has 0 aromatic heterocycles. The quantitative estimate of drug-likeness (QED) is 0.714. The van der Waals surface area contributed by atoms with Crippen LogP contribution in [0.4, 0.5) is 0 Å². The molecule has 0 atom stereocenters. The molecule has 0 bridgehead atoms. The highest BCUT2D eigenvalue weighted by Crippen LogP contribution is 2.24. The second kappa shape index (κ2) is 5.30. The van der Waals surface area contributed by atoms with E-state index in [4.69, 9.17) is 0 Å². The van der Waals surface area contributed by atoms with E-state index in [2.05, 4.69) is 36.7 Å². The van der Waals surface area contributed by atoms with Gasteiger partial charge in [0.15, 0.2) is 5.78 Å². The summed E-state index contributed by atoms with van der Waals surface area (Å²) in [7, 11) is 0. The van der Waals surface area contributed by atoms with Gasteiger partial charge >= 0.3 is 0 Å². The summed E-state index contributed by atoms with van der Waals surface area (Å²) >= 11 is 3.42. The van der Waals surface area contributed by atoms with E-state index in [1.165, 1.54) is 5.56 Å². The van der Waals surface area contributed by atoms with Crippen molar-refractivity contribution in [3.8, 4) is 0 Å². The van der Waals surface area contributed by atoms with Gasteiger partial charge in [0.05, 0.1) is 0 Å². The monoisotopic (exact) mass is 316 g/mol. The Morgan fingerprint density at radius 3 is 2.05 bits per heavy atom. The van der Waals surface area contributed by atoms with Crippen LogP contribution in [0.15, 0.2) is 53.0 Å². The van der Waals surface area contributed by atoms with Gasteiger partial charge in [-0.25, -0.2) is 0 Å². The Hall–Kier alpha value is -1.41. The minimum atomic E-state index is 0.0490. The van der Waals surface area contributed by atoms with E-state index in [-0.39, 0.29) is 11.2 Å². The average Bonchev–Trinajstić information content (AvgIpc) is 2.38. The van der Waals surface area contributed by atoms with Crippen LogP contribution in [-0.4, -0.2) is 5.78 Å². The maximum Gasteiger partial charge on any atom is 0.194 e. The van der Waals surface area contributed by atoms with E-state index in [0.29, 0.717) is 5.56 Å². The molecule has 0 heterocycles. The van der Waals surface area contributed by atoms with E-state index in [1.54, 1.807) is 0 Å². The number of carbonyl (C=O) groups is 1. The molecule has 2 aromatic carbocycles. The van der Waals surface area contributed by atoms with Gasteiger partial charge in [0.1, 0.15) is 0 Å². The van der Waals surface area contributed by atoms with Gasteiger partial charge in [0, 0.05) is 15.6 Å². The predicted octanol–water partition coefficient (Wildman–Crippen LogP) is 4.98. The minimum Gasteiger partial charge on any atom is -0.289 e. The van der Waals surface area contributed by atoms with Crippen LogP contribution in [-0.2, 0) is 5.41 Å². The molecule has 0 fully saturated rings. The first kappa shape index (κ1) is 14.0. The number of rotatable bonds is 2. The summed E-state index contributed by atoms with van der Waals surface area (Å²) in [5.41, 5.74) is 2.76. The van der Waals surface area contributed by atoms with Crippen LogP contribution < -0.4 is 0 Å². The van der Waals surface area contributed by atoms with Crippen molar-refractivity contribution in [2.45, 2.75) is 26.2 Å². The van der Waals surface area contributed by atoms with Gasteiger partial charge in [-0.1, -0.05) is 73.1 Å². The fourth-order valence-corrected chi connectivity index (χ4v) is 2.39. The fourth-order valence-electron chi connectivity index (χ4n) is 1.92. The summed E-state index contributed by atoms with van der Waals surface area (Å²) in [5.74, 6) is 0.0490. The zero-order valence-corrected chi connectivity index (χ0v) is 13.0. The molecule has 2 heteroatoms. The Morgan fingerprint density at radius 2 is 1.53 bits per heavy atom. The van der Waals surface area contributed by atoms with Gasteiger partial charge < -0.3 is 0 Å². The van der Waals surface area contributed by atoms with Crippen molar-refractivity contribution in [2.24, 2.45) is 0 Å². The number of hydrogen-bond donors (Lipinski definition) is 0. The molecule has 0 amide bonds. The van der Waals surface area contributed by atoms with E-state index in [1.807, 2.05) is 48.5 Å². The molecule has 0 N–H and O–H groups in total.